The number of carbonyl (C=O) groups excluding carboxylic acids is 2. The molecule has 0 aliphatic rings. The van der Waals surface area contributed by atoms with E-state index in [2.05, 4.69) is 15.5 Å². The van der Waals surface area contributed by atoms with Crippen molar-refractivity contribution in [1.82, 2.24) is 15.5 Å². The number of hydrogen-bond acceptors (Lipinski definition) is 5. The van der Waals surface area contributed by atoms with Crippen molar-refractivity contribution in [3.63, 3.8) is 0 Å². The van der Waals surface area contributed by atoms with Gasteiger partial charge in [0.1, 0.15) is 11.5 Å². The minimum atomic E-state index is -0.640. The summed E-state index contributed by atoms with van der Waals surface area (Å²) in [6.45, 7) is 1.86. The van der Waals surface area contributed by atoms with Crippen LogP contribution in [0.25, 0.3) is 11.3 Å². The van der Waals surface area contributed by atoms with Gasteiger partial charge in [0.2, 0.25) is 0 Å². The van der Waals surface area contributed by atoms with Crippen LogP contribution in [0.4, 0.5) is 0 Å². The van der Waals surface area contributed by atoms with E-state index in [9.17, 15) is 9.59 Å². The molecule has 0 atom stereocenters. The summed E-state index contributed by atoms with van der Waals surface area (Å²) in [6, 6.07) is 12.8. The van der Waals surface area contributed by atoms with E-state index in [1.165, 1.54) is 6.26 Å². The smallest absolute Gasteiger partial charge is 0.356 e. The van der Waals surface area contributed by atoms with E-state index in [0.717, 1.165) is 11.1 Å². The number of nitrogens with zero attached hydrogens (tertiary/aromatic N) is 1. The van der Waals surface area contributed by atoms with E-state index >= 15 is 0 Å². The Morgan fingerprint density at radius 3 is 2.76 bits per heavy atom. The van der Waals surface area contributed by atoms with Crippen LogP contribution in [-0.4, -0.2) is 28.7 Å². The predicted octanol–water partition coefficient (Wildman–Crippen LogP) is 2.45. The summed E-state index contributed by atoms with van der Waals surface area (Å²) < 4.78 is 10.1. The van der Waals surface area contributed by atoms with Crippen LogP contribution < -0.4 is 5.32 Å². The number of rotatable bonds is 6. The molecule has 25 heavy (non-hydrogen) atoms. The van der Waals surface area contributed by atoms with Gasteiger partial charge in [0.25, 0.3) is 5.91 Å². The Kier molecular flexibility index (Phi) is 4.94. The number of amides is 1. The van der Waals surface area contributed by atoms with E-state index in [1.807, 2.05) is 31.2 Å². The summed E-state index contributed by atoms with van der Waals surface area (Å²) in [4.78, 5) is 23.7. The Hall–Kier alpha value is -3.35. The highest BCUT2D eigenvalue weighted by atomic mass is 16.5. The van der Waals surface area contributed by atoms with Crippen molar-refractivity contribution in [3.05, 3.63) is 65.7 Å². The molecular weight excluding hydrogens is 322 g/mol. The molecule has 0 bridgehead atoms. The first-order valence-electron chi connectivity index (χ1n) is 7.70. The zero-order chi connectivity index (χ0) is 17.6. The van der Waals surface area contributed by atoms with E-state index in [0.29, 0.717) is 11.5 Å². The largest absolute Gasteiger partial charge is 0.467 e. The second-order valence-corrected chi connectivity index (χ2v) is 5.47. The number of aromatic amines is 1. The molecule has 0 saturated carbocycles. The lowest BCUT2D eigenvalue weighted by Gasteiger charge is -2.04. The van der Waals surface area contributed by atoms with Crippen LogP contribution >= 0.6 is 0 Å². The molecule has 2 aromatic heterocycles. The summed E-state index contributed by atoms with van der Waals surface area (Å²) in [5.41, 5.74) is 2.85. The van der Waals surface area contributed by atoms with E-state index in [-0.39, 0.29) is 18.8 Å². The third kappa shape index (κ3) is 4.35. The van der Waals surface area contributed by atoms with Crippen LogP contribution in [0.3, 0.4) is 0 Å². The van der Waals surface area contributed by atoms with Gasteiger partial charge in [-0.05, 0) is 25.1 Å². The number of nitrogens with one attached hydrogen (secondary N) is 2. The van der Waals surface area contributed by atoms with Crippen molar-refractivity contribution in [1.29, 1.82) is 0 Å². The third-order valence-corrected chi connectivity index (χ3v) is 3.52. The Bertz CT molecular complexity index is 851. The van der Waals surface area contributed by atoms with Crippen LogP contribution in [0, 0.1) is 6.92 Å². The van der Waals surface area contributed by atoms with Crippen molar-refractivity contribution in [2.24, 2.45) is 0 Å². The number of esters is 1. The number of carbonyl (C=O) groups is 2. The quantitative estimate of drug-likeness (QED) is 0.672. The highest BCUT2D eigenvalue weighted by Gasteiger charge is 2.14. The summed E-state index contributed by atoms with van der Waals surface area (Å²) in [5.74, 6) is -0.432. The Balaban J connectivity index is 1.51. The van der Waals surface area contributed by atoms with Crippen molar-refractivity contribution >= 4 is 11.9 Å². The monoisotopic (exact) mass is 339 g/mol. The average molecular weight is 339 g/mol. The standard InChI is InChI=1S/C18H17N3O4/c1-12-4-6-13(7-5-12)15-9-16(21-20-15)18(23)25-11-17(22)19-10-14-3-2-8-24-14/h2-9H,10-11H2,1H3,(H,19,22)(H,20,21). The molecule has 0 saturated heterocycles. The maximum Gasteiger partial charge on any atom is 0.356 e. The van der Waals surface area contributed by atoms with Crippen LogP contribution in [0.1, 0.15) is 21.8 Å². The first-order valence-corrected chi connectivity index (χ1v) is 7.70. The second-order valence-electron chi connectivity index (χ2n) is 5.47. The van der Waals surface area contributed by atoms with Gasteiger partial charge >= 0.3 is 5.97 Å². The minimum absolute atomic E-state index is 0.189. The predicted molar refractivity (Wildman–Crippen MR) is 89.6 cm³/mol. The van der Waals surface area contributed by atoms with Crippen LogP contribution in [-0.2, 0) is 16.1 Å². The number of ether oxygens (including phenoxy) is 1. The Morgan fingerprint density at radius 1 is 1.24 bits per heavy atom. The lowest BCUT2D eigenvalue weighted by molar-refractivity contribution is -0.124. The molecule has 3 rings (SSSR count). The zero-order valence-corrected chi connectivity index (χ0v) is 13.6. The molecule has 7 nitrogen and oxygen atoms in total. The SMILES string of the molecule is Cc1ccc(-c2cc(C(=O)OCC(=O)NCc3ccco3)[nH]n2)cc1. The van der Waals surface area contributed by atoms with Gasteiger partial charge in [-0.1, -0.05) is 29.8 Å². The lowest BCUT2D eigenvalue weighted by atomic mass is 10.1. The molecule has 0 aliphatic heterocycles. The highest BCUT2D eigenvalue weighted by Crippen LogP contribution is 2.18. The molecule has 3 aromatic rings. The van der Waals surface area contributed by atoms with E-state index in [4.69, 9.17) is 9.15 Å². The van der Waals surface area contributed by atoms with Gasteiger partial charge in [0.15, 0.2) is 6.61 Å². The molecule has 2 heterocycles. The Morgan fingerprint density at radius 2 is 2.04 bits per heavy atom. The molecule has 0 unspecified atom stereocenters. The molecule has 1 amide bonds. The van der Waals surface area contributed by atoms with Crippen molar-refractivity contribution in [3.8, 4) is 11.3 Å². The second kappa shape index (κ2) is 7.48. The normalized spacial score (nSPS) is 10.4. The van der Waals surface area contributed by atoms with Gasteiger partial charge in [-0.2, -0.15) is 5.10 Å². The van der Waals surface area contributed by atoms with Crippen LogP contribution in [0.2, 0.25) is 0 Å². The van der Waals surface area contributed by atoms with Crippen molar-refractivity contribution in [2.45, 2.75) is 13.5 Å². The summed E-state index contributed by atoms with van der Waals surface area (Å²) in [7, 11) is 0. The third-order valence-electron chi connectivity index (χ3n) is 3.52. The number of benzene rings is 1. The molecule has 7 heteroatoms. The number of furan rings is 1. The lowest BCUT2D eigenvalue weighted by Crippen LogP contribution is -2.28. The number of aryl methyl sites for hydroxylation is 1. The molecule has 2 N–H and O–H groups in total. The molecule has 1 aromatic carbocycles. The van der Waals surface area contributed by atoms with Gasteiger partial charge in [-0.25, -0.2) is 4.79 Å². The Labute approximate surface area is 144 Å². The van der Waals surface area contributed by atoms with Crippen LogP contribution in [0.15, 0.2) is 53.1 Å². The molecular formula is C18H17N3O4. The summed E-state index contributed by atoms with van der Waals surface area (Å²) in [6.07, 6.45) is 1.52. The van der Waals surface area contributed by atoms with E-state index in [1.54, 1.807) is 18.2 Å². The van der Waals surface area contributed by atoms with Crippen molar-refractivity contribution in [2.75, 3.05) is 6.61 Å². The number of H-pyrrole nitrogens is 1. The fourth-order valence-corrected chi connectivity index (χ4v) is 2.16. The van der Waals surface area contributed by atoms with Crippen LogP contribution in [0.5, 0.6) is 0 Å². The molecule has 0 fully saturated rings. The minimum Gasteiger partial charge on any atom is -0.467 e. The average Bonchev–Trinajstić information content (AvgIpc) is 3.30. The first kappa shape index (κ1) is 16.5. The number of aromatic nitrogens is 2. The number of hydrogen-bond donors (Lipinski definition) is 2. The topological polar surface area (TPSA) is 97.2 Å². The molecule has 0 radical (unpaired) electrons. The molecule has 128 valence electrons. The zero-order valence-electron chi connectivity index (χ0n) is 13.6. The summed E-state index contributed by atoms with van der Waals surface area (Å²) >= 11 is 0. The van der Waals surface area contributed by atoms with Gasteiger partial charge < -0.3 is 14.5 Å². The summed E-state index contributed by atoms with van der Waals surface area (Å²) in [5, 5.41) is 9.31. The van der Waals surface area contributed by atoms with Gasteiger partial charge in [-0.3, -0.25) is 9.89 Å². The van der Waals surface area contributed by atoms with Crippen molar-refractivity contribution < 1.29 is 18.7 Å². The van der Waals surface area contributed by atoms with E-state index < -0.39 is 11.9 Å². The maximum atomic E-state index is 12.0. The highest BCUT2D eigenvalue weighted by molar-refractivity contribution is 5.90. The maximum absolute atomic E-state index is 12.0. The van der Waals surface area contributed by atoms with Gasteiger partial charge in [0, 0.05) is 5.56 Å². The molecule has 0 aliphatic carbocycles. The first-order chi connectivity index (χ1) is 12.1. The van der Waals surface area contributed by atoms with Gasteiger partial charge in [0.05, 0.1) is 18.5 Å². The fraction of sp³-hybridized carbons (Fsp3) is 0.167. The fourth-order valence-electron chi connectivity index (χ4n) is 2.16. The van der Waals surface area contributed by atoms with Gasteiger partial charge in [-0.15, -0.1) is 0 Å². The molecule has 0 spiro atoms.